The third-order valence-corrected chi connectivity index (χ3v) is 2.09. The third kappa shape index (κ3) is 2.89. The van der Waals surface area contributed by atoms with E-state index in [4.69, 9.17) is 0 Å². The van der Waals surface area contributed by atoms with Crippen LogP contribution in [0, 0.1) is 0 Å². The summed E-state index contributed by atoms with van der Waals surface area (Å²) < 4.78 is 3.00. The van der Waals surface area contributed by atoms with Crippen molar-refractivity contribution in [2.45, 2.75) is 4.90 Å². The molecular weight excluding hydrogens is 188 g/mol. The number of hydrogen-bond donors (Lipinski definition) is 2. The highest BCUT2D eigenvalue weighted by Crippen LogP contribution is 2.18. The maximum atomic E-state index is 4.02. The normalized spacial score (nSPS) is 10.8. The van der Waals surface area contributed by atoms with Crippen molar-refractivity contribution in [2.75, 3.05) is 7.05 Å². The van der Waals surface area contributed by atoms with Crippen LogP contribution in [-0.4, -0.2) is 12.6 Å². The van der Waals surface area contributed by atoms with Crippen molar-refractivity contribution >= 4 is 35.8 Å². The summed E-state index contributed by atoms with van der Waals surface area (Å²) >= 11 is 5.47. The maximum absolute atomic E-state index is 4.02. The molecule has 1 aromatic carbocycles. The second-order valence-corrected chi connectivity index (χ2v) is 3.36. The van der Waals surface area contributed by atoms with Gasteiger partial charge in [0.2, 0.25) is 0 Å². The molecule has 0 saturated carbocycles. The van der Waals surface area contributed by atoms with Gasteiger partial charge in [0, 0.05) is 4.90 Å². The van der Waals surface area contributed by atoms with Gasteiger partial charge < -0.3 is 0 Å². The zero-order chi connectivity index (χ0) is 8.81. The molecule has 1 N–H and O–H groups in total. The van der Waals surface area contributed by atoms with Gasteiger partial charge >= 0.3 is 0 Å². The summed E-state index contributed by atoms with van der Waals surface area (Å²) in [5.74, 6) is 0. The van der Waals surface area contributed by atoms with Crippen LogP contribution in [0.25, 0.3) is 0 Å². The summed E-state index contributed by atoms with van der Waals surface area (Å²) in [5, 5.41) is 0. The van der Waals surface area contributed by atoms with Crippen LogP contribution in [0.5, 0.6) is 0 Å². The van der Waals surface area contributed by atoms with Crippen molar-refractivity contribution in [3.63, 3.8) is 0 Å². The van der Waals surface area contributed by atoms with Gasteiger partial charge in [0.1, 0.15) is 0 Å². The Balaban J connectivity index is 2.71. The smallest absolute Gasteiger partial charge is 0.0636 e. The first-order valence-corrected chi connectivity index (χ1v) is 4.80. The molecule has 1 rings (SSSR count). The van der Waals surface area contributed by atoms with E-state index in [9.17, 15) is 0 Å². The summed E-state index contributed by atoms with van der Waals surface area (Å²) in [5.41, 5.74) is 2.41. The fraction of sp³-hybridized carbons (Fsp3) is 0.125. The molecule has 0 unspecified atom stereocenters. The molecule has 0 saturated heterocycles. The Morgan fingerprint density at radius 3 is 2.58 bits per heavy atom. The minimum atomic E-state index is 0.922. The molecule has 0 bridgehead atoms. The van der Waals surface area contributed by atoms with Crippen LogP contribution in [0.15, 0.2) is 34.2 Å². The van der Waals surface area contributed by atoms with Crippen molar-refractivity contribution in [1.82, 2.24) is 4.72 Å². The van der Waals surface area contributed by atoms with E-state index >= 15 is 0 Å². The Hall–Kier alpha value is -0.450. The lowest BCUT2D eigenvalue weighted by Gasteiger charge is -1.98. The van der Waals surface area contributed by atoms with Crippen LogP contribution in [0.1, 0.15) is 0 Å². The van der Waals surface area contributed by atoms with E-state index in [-0.39, 0.29) is 0 Å². The SMILES string of the molecule is CNSc1ccc(N=CS)cc1. The highest BCUT2D eigenvalue weighted by molar-refractivity contribution is 7.97. The van der Waals surface area contributed by atoms with E-state index in [1.807, 2.05) is 31.3 Å². The average molecular weight is 198 g/mol. The molecule has 1 aromatic rings. The van der Waals surface area contributed by atoms with E-state index < -0.39 is 0 Å². The van der Waals surface area contributed by atoms with Crippen molar-refractivity contribution in [1.29, 1.82) is 0 Å². The minimum absolute atomic E-state index is 0.922. The molecule has 12 heavy (non-hydrogen) atoms. The van der Waals surface area contributed by atoms with Crippen molar-refractivity contribution in [3.05, 3.63) is 24.3 Å². The first-order chi connectivity index (χ1) is 5.86. The zero-order valence-corrected chi connectivity index (χ0v) is 8.40. The van der Waals surface area contributed by atoms with Gasteiger partial charge in [0.05, 0.1) is 11.2 Å². The van der Waals surface area contributed by atoms with Gasteiger partial charge in [0.25, 0.3) is 0 Å². The Morgan fingerprint density at radius 2 is 2.08 bits per heavy atom. The van der Waals surface area contributed by atoms with Gasteiger partial charge in [-0.3, -0.25) is 9.71 Å². The van der Waals surface area contributed by atoms with Crippen LogP contribution in [0.3, 0.4) is 0 Å². The number of benzene rings is 1. The highest BCUT2D eigenvalue weighted by Gasteiger charge is 1.90. The number of aliphatic imine (C=N–C) groups is 1. The number of nitrogens with one attached hydrogen (secondary N) is 1. The van der Waals surface area contributed by atoms with Gasteiger partial charge in [-0.1, -0.05) is 0 Å². The standard InChI is InChI=1S/C8H10N2S2/c1-9-12-8-4-2-7(3-5-8)10-6-11/h2-6,9H,1H3,(H,10,11). The number of thiol groups is 1. The van der Waals surface area contributed by atoms with Crippen LogP contribution in [-0.2, 0) is 0 Å². The molecule has 2 nitrogen and oxygen atoms in total. The quantitative estimate of drug-likeness (QED) is 0.337. The summed E-state index contributed by atoms with van der Waals surface area (Å²) in [6.45, 7) is 0. The predicted octanol–water partition coefficient (Wildman–Crippen LogP) is 2.50. The largest absolute Gasteiger partial charge is 0.263 e. The summed E-state index contributed by atoms with van der Waals surface area (Å²) in [7, 11) is 1.89. The lowest BCUT2D eigenvalue weighted by atomic mass is 10.3. The molecule has 0 aromatic heterocycles. The molecular formula is C8H10N2S2. The molecule has 0 fully saturated rings. The molecule has 0 atom stereocenters. The van der Waals surface area contributed by atoms with E-state index in [0.29, 0.717) is 0 Å². The van der Waals surface area contributed by atoms with Crippen LogP contribution in [0.2, 0.25) is 0 Å². The summed E-state index contributed by atoms with van der Waals surface area (Å²) in [6.07, 6.45) is 0. The lowest BCUT2D eigenvalue weighted by Crippen LogP contribution is -1.89. The Labute approximate surface area is 82.0 Å². The lowest BCUT2D eigenvalue weighted by molar-refractivity contribution is 1.28. The van der Waals surface area contributed by atoms with E-state index in [1.165, 1.54) is 10.4 Å². The number of hydrogen-bond acceptors (Lipinski definition) is 3. The van der Waals surface area contributed by atoms with Crippen molar-refractivity contribution < 1.29 is 0 Å². The van der Waals surface area contributed by atoms with Gasteiger partial charge in [-0.15, -0.1) is 12.6 Å². The maximum Gasteiger partial charge on any atom is 0.0636 e. The molecule has 0 aliphatic heterocycles. The molecule has 0 heterocycles. The van der Waals surface area contributed by atoms with Crippen molar-refractivity contribution in [3.8, 4) is 0 Å². The molecule has 0 radical (unpaired) electrons. The summed E-state index contributed by atoms with van der Waals surface area (Å²) in [4.78, 5) is 5.19. The molecule has 64 valence electrons. The highest BCUT2D eigenvalue weighted by atomic mass is 32.2. The topological polar surface area (TPSA) is 24.4 Å². The van der Waals surface area contributed by atoms with Gasteiger partial charge in [0.15, 0.2) is 0 Å². The fourth-order valence-corrected chi connectivity index (χ4v) is 1.43. The molecule has 0 spiro atoms. The van der Waals surface area contributed by atoms with E-state index in [1.54, 1.807) is 11.9 Å². The molecule has 0 aliphatic rings. The van der Waals surface area contributed by atoms with Crippen molar-refractivity contribution in [2.24, 2.45) is 4.99 Å². The molecule has 0 aliphatic carbocycles. The average Bonchev–Trinajstić information content (AvgIpc) is 2.09. The van der Waals surface area contributed by atoms with Gasteiger partial charge in [-0.25, -0.2) is 0 Å². The predicted molar refractivity (Wildman–Crippen MR) is 58.5 cm³/mol. The monoisotopic (exact) mass is 198 g/mol. The second-order valence-electron chi connectivity index (χ2n) is 2.04. The Kier molecular flexibility index (Phi) is 4.21. The second kappa shape index (κ2) is 5.24. The molecule has 4 heteroatoms. The van der Waals surface area contributed by atoms with Gasteiger partial charge in [-0.2, -0.15) is 0 Å². The van der Waals surface area contributed by atoms with E-state index in [0.717, 1.165) is 5.69 Å². The zero-order valence-electron chi connectivity index (χ0n) is 6.69. The van der Waals surface area contributed by atoms with Gasteiger partial charge in [-0.05, 0) is 43.3 Å². The Bertz CT molecular complexity index is 256. The van der Waals surface area contributed by atoms with Crippen LogP contribution >= 0.6 is 24.6 Å². The van der Waals surface area contributed by atoms with E-state index in [2.05, 4.69) is 22.3 Å². The third-order valence-electron chi connectivity index (χ3n) is 1.26. The first kappa shape index (κ1) is 9.64. The minimum Gasteiger partial charge on any atom is -0.263 e. The fourth-order valence-electron chi connectivity index (χ4n) is 0.785. The number of rotatable bonds is 3. The first-order valence-electron chi connectivity index (χ1n) is 3.47. The van der Waals surface area contributed by atoms with Crippen LogP contribution in [0.4, 0.5) is 5.69 Å². The molecule has 0 amide bonds. The Morgan fingerprint density at radius 1 is 1.42 bits per heavy atom. The van der Waals surface area contributed by atoms with Crippen LogP contribution < -0.4 is 4.72 Å². The summed E-state index contributed by atoms with van der Waals surface area (Å²) in [6, 6.07) is 7.92. The number of nitrogens with zero attached hydrogens (tertiary/aromatic N) is 1.